The third-order valence-electron chi connectivity index (χ3n) is 4.61. The Morgan fingerprint density at radius 3 is 2.81 bits per heavy atom. The molecule has 0 amide bonds. The van der Waals surface area contributed by atoms with Crippen molar-refractivity contribution in [2.45, 2.75) is 38.7 Å². The standard InChI is InChI=1S/C22H29IO4/c1-5-6-16(11-17-12-19(23)22(24)21(13-17)26-4)7-8-20-18(9-10-27-20)15(2)14-25-3/h9,11-13,20,24H,2,5-8,10,14H2,1,3-4H3/b16-11+. The van der Waals surface area contributed by atoms with Crippen molar-refractivity contribution in [1.29, 1.82) is 0 Å². The van der Waals surface area contributed by atoms with Crippen molar-refractivity contribution in [3.05, 3.63) is 50.6 Å². The molecule has 27 heavy (non-hydrogen) atoms. The van der Waals surface area contributed by atoms with Crippen molar-refractivity contribution in [2.24, 2.45) is 0 Å². The van der Waals surface area contributed by atoms with Crippen molar-refractivity contribution >= 4 is 28.7 Å². The highest BCUT2D eigenvalue weighted by Crippen LogP contribution is 2.34. The van der Waals surface area contributed by atoms with Gasteiger partial charge in [-0.15, -0.1) is 0 Å². The van der Waals surface area contributed by atoms with E-state index in [1.807, 2.05) is 12.1 Å². The smallest absolute Gasteiger partial charge is 0.171 e. The molecule has 1 aliphatic heterocycles. The molecule has 0 saturated carbocycles. The molecule has 1 unspecified atom stereocenters. The molecule has 4 nitrogen and oxygen atoms in total. The van der Waals surface area contributed by atoms with Crippen LogP contribution in [0.15, 0.2) is 41.5 Å². The first-order valence-electron chi connectivity index (χ1n) is 9.24. The molecule has 1 heterocycles. The summed E-state index contributed by atoms with van der Waals surface area (Å²) in [5, 5.41) is 10.0. The molecule has 2 rings (SSSR count). The summed E-state index contributed by atoms with van der Waals surface area (Å²) in [6.45, 7) is 7.48. The minimum absolute atomic E-state index is 0.0856. The Kier molecular flexibility index (Phi) is 8.86. The molecule has 0 saturated heterocycles. The molecule has 1 aromatic rings. The maximum atomic E-state index is 10.0. The first kappa shape index (κ1) is 22.0. The molecule has 0 fully saturated rings. The van der Waals surface area contributed by atoms with Crippen LogP contribution < -0.4 is 4.74 Å². The zero-order chi connectivity index (χ0) is 19.8. The van der Waals surface area contributed by atoms with Crippen LogP contribution in [0.1, 0.15) is 38.2 Å². The molecule has 0 spiro atoms. The van der Waals surface area contributed by atoms with E-state index in [1.165, 1.54) is 11.1 Å². The Bertz CT molecular complexity index is 721. The highest BCUT2D eigenvalue weighted by Gasteiger charge is 2.22. The molecule has 1 aromatic carbocycles. The maximum Gasteiger partial charge on any atom is 0.171 e. The summed E-state index contributed by atoms with van der Waals surface area (Å²) in [5.74, 6) is 0.697. The number of rotatable bonds is 10. The molecular weight excluding hydrogens is 455 g/mol. The largest absolute Gasteiger partial charge is 0.504 e. The van der Waals surface area contributed by atoms with E-state index in [9.17, 15) is 5.11 Å². The van der Waals surface area contributed by atoms with Gasteiger partial charge in [0.05, 0.1) is 30.0 Å². The Morgan fingerprint density at radius 1 is 1.37 bits per heavy atom. The molecule has 0 radical (unpaired) electrons. The summed E-state index contributed by atoms with van der Waals surface area (Å²) >= 11 is 2.13. The van der Waals surface area contributed by atoms with E-state index in [4.69, 9.17) is 14.2 Å². The van der Waals surface area contributed by atoms with Gasteiger partial charge in [-0.1, -0.05) is 37.6 Å². The number of methoxy groups -OCH3 is 2. The maximum absolute atomic E-state index is 10.0. The predicted molar refractivity (Wildman–Crippen MR) is 118 cm³/mol. The highest BCUT2D eigenvalue weighted by atomic mass is 127. The first-order valence-corrected chi connectivity index (χ1v) is 10.3. The summed E-state index contributed by atoms with van der Waals surface area (Å²) in [6.07, 6.45) is 8.40. The second-order valence-corrected chi connectivity index (χ2v) is 7.83. The molecule has 1 aliphatic rings. The fourth-order valence-corrected chi connectivity index (χ4v) is 3.94. The van der Waals surface area contributed by atoms with Gasteiger partial charge in [0.15, 0.2) is 11.5 Å². The second-order valence-electron chi connectivity index (χ2n) is 6.66. The van der Waals surface area contributed by atoms with E-state index in [0.717, 1.165) is 40.4 Å². The second kappa shape index (κ2) is 10.9. The number of hydrogen-bond donors (Lipinski definition) is 1. The number of hydrogen-bond acceptors (Lipinski definition) is 4. The number of aromatic hydroxyl groups is 1. The van der Waals surface area contributed by atoms with Crippen LogP contribution in [-0.2, 0) is 9.47 Å². The zero-order valence-electron chi connectivity index (χ0n) is 16.4. The van der Waals surface area contributed by atoms with Gasteiger partial charge in [0.2, 0.25) is 0 Å². The van der Waals surface area contributed by atoms with Crippen molar-refractivity contribution < 1.29 is 19.3 Å². The van der Waals surface area contributed by atoms with Gasteiger partial charge >= 0.3 is 0 Å². The van der Waals surface area contributed by atoms with E-state index in [2.05, 4.69) is 48.2 Å². The van der Waals surface area contributed by atoms with Crippen molar-refractivity contribution in [2.75, 3.05) is 27.4 Å². The van der Waals surface area contributed by atoms with Gasteiger partial charge in [0.25, 0.3) is 0 Å². The van der Waals surface area contributed by atoms with Crippen LogP contribution in [-0.4, -0.2) is 38.6 Å². The van der Waals surface area contributed by atoms with Crippen LogP contribution in [0.25, 0.3) is 6.08 Å². The molecule has 148 valence electrons. The van der Waals surface area contributed by atoms with Crippen LogP contribution in [0.2, 0.25) is 0 Å². The van der Waals surface area contributed by atoms with Crippen molar-refractivity contribution in [3.63, 3.8) is 0 Å². The minimum Gasteiger partial charge on any atom is -0.504 e. The van der Waals surface area contributed by atoms with E-state index in [-0.39, 0.29) is 11.9 Å². The molecular formula is C22H29IO4. The van der Waals surface area contributed by atoms with Gasteiger partial charge in [-0.25, -0.2) is 0 Å². The summed E-state index contributed by atoms with van der Waals surface area (Å²) < 4.78 is 17.2. The number of phenolic OH excluding ortho intramolecular Hbond substituents is 1. The van der Waals surface area contributed by atoms with E-state index in [1.54, 1.807) is 14.2 Å². The van der Waals surface area contributed by atoms with Crippen molar-refractivity contribution in [3.8, 4) is 11.5 Å². The third-order valence-corrected chi connectivity index (χ3v) is 5.44. The molecule has 1 N–H and O–H groups in total. The molecule has 5 heteroatoms. The van der Waals surface area contributed by atoms with Gasteiger partial charge in [-0.2, -0.15) is 0 Å². The summed E-state index contributed by atoms with van der Waals surface area (Å²) in [6, 6.07) is 3.86. The SMILES string of the molecule is C=C(COC)C1=CCOC1CC/C(=C/c1cc(I)c(O)c(OC)c1)CCC. The molecule has 1 atom stereocenters. The monoisotopic (exact) mass is 484 g/mol. The summed E-state index contributed by atoms with van der Waals surface area (Å²) in [4.78, 5) is 0. The lowest BCUT2D eigenvalue weighted by molar-refractivity contribution is 0.115. The lowest BCUT2D eigenvalue weighted by atomic mass is 9.95. The van der Waals surface area contributed by atoms with Crippen molar-refractivity contribution in [1.82, 2.24) is 0 Å². The lowest BCUT2D eigenvalue weighted by Gasteiger charge is -2.17. The average molecular weight is 484 g/mol. The van der Waals surface area contributed by atoms with Gasteiger partial charge < -0.3 is 19.3 Å². The molecule has 0 aromatic heterocycles. The zero-order valence-corrected chi connectivity index (χ0v) is 18.5. The van der Waals surface area contributed by atoms with Crippen LogP contribution in [0.4, 0.5) is 0 Å². The number of halogens is 1. The normalized spacial score (nSPS) is 17.1. The van der Waals surface area contributed by atoms with Crippen LogP contribution in [0.5, 0.6) is 11.5 Å². The van der Waals surface area contributed by atoms with Gasteiger partial charge in [-0.05, 0) is 70.7 Å². The quantitative estimate of drug-likeness (QED) is 0.446. The van der Waals surface area contributed by atoms with E-state index < -0.39 is 0 Å². The molecule has 0 aliphatic carbocycles. The summed E-state index contributed by atoms with van der Waals surface area (Å²) in [7, 11) is 3.26. The topological polar surface area (TPSA) is 47.9 Å². The highest BCUT2D eigenvalue weighted by molar-refractivity contribution is 14.1. The van der Waals surface area contributed by atoms with Gasteiger partial charge in [0.1, 0.15) is 0 Å². The van der Waals surface area contributed by atoms with E-state index >= 15 is 0 Å². The number of phenols is 1. The Labute approximate surface area is 176 Å². The van der Waals surface area contributed by atoms with E-state index in [0.29, 0.717) is 19.0 Å². The average Bonchev–Trinajstić information content (AvgIpc) is 3.11. The lowest BCUT2D eigenvalue weighted by Crippen LogP contribution is -2.13. The Hall–Kier alpha value is -1.31. The molecule has 0 bridgehead atoms. The number of allylic oxidation sites excluding steroid dienone is 1. The van der Waals surface area contributed by atoms with Gasteiger partial charge in [0, 0.05) is 7.11 Å². The first-order chi connectivity index (χ1) is 13.0. The fraction of sp³-hybridized carbons (Fsp3) is 0.455. The number of benzene rings is 1. The van der Waals surface area contributed by atoms with Gasteiger partial charge in [-0.3, -0.25) is 0 Å². The third kappa shape index (κ3) is 6.09. The van der Waals surface area contributed by atoms with Crippen LogP contribution >= 0.6 is 22.6 Å². The Balaban J connectivity index is 2.12. The summed E-state index contributed by atoms with van der Waals surface area (Å²) in [5.41, 5.74) is 4.59. The van der Waals surface area contributed by atoms with Crippen LogP contribution in [0, 0.1) is 3.57 Å². The van der Waals surface area contributed by atoms with Crippen LogP contribution in [0.3, 0.4) is 0 Å². The fourth-order valence-electron chi connectivity index (χ4n) is 3.32. The predicted octanol–water partition coefficient (Wildman–Crippen LogP) is 5.50. The minimum atomic E-state index is 0.0856. The Morgan fingerprint density at radius 2 is 2.15 bits per heavy atom. The number of ether oxygens (including phenoxy) is 3.